The Balaban J connectivity index is 1.41. The number of ether oxygens (including phenoxy) is 2. The lowest BCUT2D eigenvalue weighted by atomic mass is 10.0. The normalized spacial score (nSPS) is 15.7. The number of piperazine rings is 1. The molecule has 0 atom stereocenters. The van der Waals surface area contributed by atoms with Crippen molar-refractivity contribution in [1.82, 2.24) is 9.88 Å². The van der Waals surface area contributed by atoms with E-state index in [0.29, 0.717) is 72.7 Å². The van der Waals surface area contributed by atoms with E-state index >= 15 is 0 Å². The summed E-state index contributed by atoms with van der Waals surface area (Å²) in [6.45, 7) is 4.82. The summed E-state index contributed by atoms with van der Waals surface area (Å²) in [6, 6.07) is 13.0. The van der Waals surface area contributed by atoms with Gasteiger partial charge >= 0.3 is 6.18 Å². The van der Waals surface area contributed by atoms with E-state index in [4.69, 9.17) is 9.47 Å². The molecule has 1 saturated heterocycles. The highest BCUT2D eigenvalue weighted by atomic mass is 32.2. The first-order chi connectivity index (χ1) is 17.3. The maximum atomic E-state index is 14.1. The predicted octanol–water partition coefficient (Wildman–Crippen LogP) is 5.36. The number of hydrogen-bond acceptors (Lipinski definition) is 6. The summed E-state index contributed by atoms with van der Waals surface area (Å²) in [5.41, 5.74) is 0.406. The largest absolute Gasteiger partial charge is 0.486 e. The van der Waals surface area contributed by atoms with Crippen molar-refractivity contribution in [2.24, 2.45) is 0 Å². The number of anilines is 1. The number of pyridine rings is 1. The monoisotopic (exact) mass is 515 g/mol. The molecule has 0 spiro atoms. The first-order valence-corrected chi connectivity index (χ1v) is 12.4. The van der Waals surface area contributed by atoms with E-state index in [0.717, 1.165) is 11.8 Å². The van der Waals surface area contributed by atoms with Gasteiger partial charge in [-0.25, -0.2) is 4.98 Å². The SMILES string of the molecule is CC(=O)N1CCN(c2cc(-c3ccc(Sc4ccc5c(c4)OCCO5)c(C(F)(F)F)c3)ccn2)CC1. The lowest BCUT2D eigenvalue weighted by Crippen LogP contribution is -2.48. The predicted molar refractivity (Wildman–Crippen MR) is 131 cm³/mol. The summed E-state index contributed by atoms with van der Waals surface area (Å²) < 4.78 is 53.3. The van der Waals surface area contributed by atoms with Crippen LogP contribution in [0.5, 0.6) is 11.5 Å². The van der Waals surface area contributed by atoms with Gasteiger partial charge in [0, 0.05) is 49.1 Å². The Morgan fingerprint density at radius 3 is 2.36 bits per heavy atom. The van der Waals surface area contributed by atoms with Crippen LogP contribution in [-0.2, 0) is 11.0 Å². The Morgan fingerprint density at radius 1 is 0.917 bits per heavy atom. The molecule has 2 aliphatic heterocycles. The van der Waals surface area contributed by atoms with Gasteiger partial charge in [0.25, 0.3) is 0 Å². The lowest BCUT2D eigenvalue weighted by molar-refractivity contribution is -0.139. The average Bonchev–Trinajstić information content (AvgIpc) is 2.88. The molecule has 0 unspecified atom stereocenters. The molecule has 0 N–H and O–H groups in total. The minimum atomic E-state index is -4.52. The minimum Gasteiger partial charge on any atom is -0.486 e. The van der Waals surface area contributed by atoms with Crippen LogP contribution in [-0.4, -0.2) is 55.2 Å². The summed E-state index contributed by atoms with van der Waals surface area (Å²) >= 11 is 1.04. The number of rotatable bonds is 4. The Hall–Kier alpha value is -3.40. The molecule has 0 aliphatic carbocycles. The topological polar surface area (TPSA) is 54.9 Å². The van der Waals surface area contributed by atoms with Gasteiger partial charge in [0.15, 0.2) is 11.5 Å². The van der Waals surface area contributed by atoms with Crippen LogP contribution in [0.1, 0.15) is 12.5 Å². The molecular weight excluding hydrogens is 491 g/mol. The van der Waals surface area contributed by atoms with Gasteiger partial charge in [-0.2, -0.15) is 13.2 Å². The van der Waals surface area contributed by atoms with Gasteiger partial charge in [-0.05, 0) is 53.6 Å². The van der Waals surface area contributed by atoms with Crippen molar-refractivity contribution >= 4 is 23.5 Å². The molecule has 0 saturated carbocycles. The van der Waals surface area contributed by atoms with Gasteiger partial charge in [-0.15, -0.1) is 0 Å². The second-order valence-electron chi connectivity index (χ2n) is 8.51. The fourth-order valence-corrected chi connectivity index (χ4v) is 5.23. The molecular formula is C26H24F3N3O3S. The van der Waals surface area contributed by atoms with E-state index in [9.17, 15) is 18.0 Å². The number of carbonyl (C=O) groups excluding carboxylic acids is 1. The van der Waals surface area contributed by atoms with Gasteiger partial charge in [-0.3, -0.25) is 4.79 Å². The Bertz CT molecular complexity index is 1280. The number of carbonyl (C=O) groups is 1. The fourth-order valence-electron chi connectivity index (χ4n) is 4.26. The third kappa shape index (κ3) is 5.23. The molecule has 36 heavy (non-hydrogen) atoms. The zero-order valence-corrected chi connectivity index (χ0v) is 20.4. The fraction of sp³-hybridized carbons (Fsp3) is 0.308. The highest BCUT2D eigenvalue weighted by Gasteiger charge is 2.34. The molecule has 3 heterocycles. The summed E-state index contributed by atoms with van der Waals surface area (Å²) in [4.78, 5) is 20.6. The van der Waals surface area contributed by atoms with Crippen molar-refractivity contribution in [3.8, 4) is 22.6 Å². The Kier molecular flexibility index (Phi) is 6.70. The third-order valence-electron chi connectivity index (χ3n) is 6.15. The number of aromatic nitrogens is 1. The standard InChI is InChI=1S/C26H24F3N3O3S/c1-17(33)31-8-10-32(11-9-31)25-15-19(6-7-30-25)18-2-5-24(21(14-18)26(27,28)29)36-20-3-4-22-23(16-20)35-13-12-34-22/h2-7,14-16H,8-13H2,1H3. The zero-order valence-electron chi connectivity index (χ0n) is 19.5. The molecule has 2 aliphatic rings. The molecule has 188 valence electrons. The van der Waals surface area contributed by atoms with Gasteiger partial charge < -0.3 is 19.3 Å². The van der Waals surface area contributed by atoms with E-state index in [2.05, 4.69) is 4.98 Å². The van der Waals surface area contributed by atoms with Crippen molar-refractivity contribution < 1.29 is 27.4 Å². The molecule has 0 radical (unpaired) electrons. The molecule has 1 fully saturated rings. The quantitative estimate of drug-likeness (QED) is 0.467. The summed E-state index contributed by atoms with van der Waals surface area (Å²) in [5.74, 6) is 1.84. The smallest absolute Gasteiger partial charge is 0.417 e. The molecule has 10 heteroatoms. The van der Waals surface area contributed by atoms with Crippen molar-refractivity contribution in [2.75, 3.05) is 44.3 Å². The molecule has 1 amide bonds. The van der Waals surface area contributed by atoms with Crippen LogP contribution in [0.25, 0.3) is 11.1 Å². The highest BCUT2D eigenvalue weighted by Crippen LogP contribution is 2.43. The molecule has 0 bridgehead atoms. The Labute approximate surface area is 211 Å². The van der Waals surface area contributed by atoms with E-state index in [1.807, 2.05) is 4.90 Å². The number of benzene rings is 2. The van der Waals surface area contributed by atoms with E-state index in [-0.39, 0.29) is 10.8 Å². The number of nitrogens with zero attached hydrogens (tertiary/aromatic N) is 3. The first kappa shape index (κ1) is 24.3. The molecule has 1 aromatic heterocycles. The highest BCUT2D eigenvalue weighted by molar-refractivity contribution is 7.99. The van der Waals surface area contributed by atoms with Gasteiger partial charge in [-0.1, -0.05) is 17.8 Å². The molecule has 2 aromatic carbocycles. The van der Waals surface area contributed by atoms with Crippen molar-refractivity contribution in [2.45, 2.75) is 22.9 Å². The number of fused-ring (bicyclic) bond motifs is 1. The number of halogens is 3. The molecule has 3 aromatic rings. The van der Waals surface area contributed by atoms with Gasteiger partial charge in [0.2, 0.25) is 5.91 Å². The van der Waals surface area contributed by atoms with Crippen LogP contribution < -0.4 is 14.4 Å². The number of hydrogen-bond donors (Lipinski definition) is 0. The van der Waals surface area contributed by atoms with Crippen LogP contribution in [0.4, 0.5) is 19.0 Å². The maximum absolute atomic E-state index is 14.1. The van der Waals surface area contributed by atoms with Crippen LogP contribution in [0.15, 0.2) is 64.5 Å². The van der Waals surface area contributed by atoms with Gasteiger partial charge in [0.05, 0.1) is 5.56 Å². The minimum absolute atomic E-state index is 0.0326. The van der Waals surface area contributed by atoms with E-state index in [1.54, 1.807) is 54.4 Å². The van der Waals surface area contributed by atoms with E-state index < -0.39 is 11.7 Å². The van der Waals surface area contributed by atoms with E-state index in [1.165, 1.54) is 12.1 Å². The second kappa shape index (κ2) is 9.93. The average molecular weight is 516 g/mol. The van der Waals surface area contributed by atoms with Crippen molar-refractivity contribution in [3.05, 3.63) is 60.3 Å². The number of amides is 1. The molecule has 6 nitrogen and oxygen atoms in total. The second-order valence-corrected chi connectivity index (χ2v) is 9.63. The first-order valence-electron chi connectivity index (χ1n) is 11.5. The molecule has 5 rings (SSSR count). The van der Waals surface area contributed by atoms with Crippen LogP contribution in [0, 0.1) is 0 Å². The van der Waals surface area contributed by atoms with Crippen molar-refractivity contribution in [3.63, 3.8) is 0 Å². The third-order valence-corrected chi connectivity index (χ3v) is 7.22. The Morgan fingerprint density at radius 2 is 1.64 bits per heavy atom. The zero-order chi connectivity index (χ0) is 25.3. The van der Waals surface area contributed by atoms with Crippen LogP contribution >= 0.6 is 11.8 Å². The summed E-state index contributed by atoms with van der Waals surface area (Å²) in [7, 11) is 0. The van der Waals surface area contributed by atoms with Crippen molar-refractivity contribution in [1.29, 1.82) is 0 Å². The summed E-state index contributed by atoms with van der Waals surface area (Å²) in [6.07, 6.45) is -2.92. The maximum Gasteiger partial charge on any atom is 0.417 e. The lowest BCUT2D eigenvalue weighted by Gasteiger charge is -2.35. The summed E-state index contributed by atoms with van der Waals surface area (Å²) in [5, 5.41) is 0. The van der Waals surface area contributed by atoms with Gasteiger partial charge in [0.1, 0.15) is 19.0 Å². The number of alkyl halides is 3. The van der Waals surface area contributed by atoms with Crippen LogP contribution in [0.3, 0.4) is 0 Å². The van der Waals surface area contributed by atoms with Crippen LogP contribution in [0.2, 0.25) is 0 Å².